The summed E-state index contributed by atoms with van der Waals surface area (Å²) in [4.78, 5) is 16.5. The van der Waals surface area contributed by atoms with Gasteiger partial charge in [-0.1, -0.05) is 0 Å². The summed E-state index contributed by atoms with van der Waals surface area (Å²) in [5.74, 6) is 0.702. The van der Waals surface area contributed by atoms with Crippen LogP contribution in [0, 0.1) is 0 Å². The predicted molar refractivity (Wildman–Crippen MR) is 99.9 cm³/mol. The van der Waals surface area contributed by atoms with Crippen molar-refractivity contribution in [2.24, 2.45) is 0 Å². The average molecular weight is 387 g/mol. The summed E-state index contributed by atoms with van der Waals surface area (Å²) < 4.78 is 42.9. The van der Waals surface area contributed by atoms with E-state index >= 15 is 0 Å². The lowest BCUT2D eigenvalue weighted by atomic mass is 10.2. The fourth-order valence-electron chi connectivity index (χ4n) is 2.41. The normalized spacial score (nSPS) is 11.0. The van der Waals surface area contributed by atoms with Crippen molar-refractivity contribution >= 4 is 23.1 Å². The number of hydrogen-bond donors (Lipinski definition) is 2. The number of carbonyl (C=O) groups excluding carboxylic acids is 1. The van der Waals surface area contributed by atoms with Gasteiger partial charge in [-0.05, 0) is 60.7 Å². The van der Waals surface area contributed by atoms with Gasteiger partial charge in [-0.3, -0.25) is 4.79 Å². The number of alkyl halides is 3. The van der Waals surface area contributed by atoms with E-state index in [1.807, 2.05) is 0 Å². The molecule has 0 fully saturated rings. The highest BCUT2D eigenvalue weighted by Gasteiger charge is 2.30. The van der Waals surface area contributed by atoms with Gasteiger partial charge >= 0.3 is 6.18 Å². The van der Waals surface area contributed by atoms with Gasteiger partial charge in [0.2, 0.25) is 0 Å². The maximum atomic E-state index is 12.6. The second-order valence-corrected chi connectivity index (χ2v) is 5.81. The molecule has 0 aliphatic heterocycles. The molecule has 3 rings (SSSR count). The van der Waals surface area contributed by atoms with Crippen LogP contribution in [-0.2, 0) is 6.18 Å². The molecule has 0 atom stereocenters. The zero-order valence-electron chi connectivity index (χ0n) is 14.7. The van der Waals surface area contributed by atoms with E-state index in [1.165, 1.54) is 24.4 Å². The number of nitrogens with one attached hydrogen (secondary N) is 2. The molecule has 2 N–H and O–H groups in total. The predicted octanol–water partition coefficient (Wildman–Crippen LogP) is 5.10. The zero-order chi connectivity index (χ0) is 20.1. The number of hydrogen-bond acceptors (Lipinski definition) is 4. The number of ether oxygens (including phenoxy) is 1. The van der Waals surface area contributed by atoms with Crippen LogP contribution < -0.4 is 15.4 Å². The first kappa shape index (κ1) is 19.2. The van der Waals surface area contributed by atoms with Gasteiger partial charge in [-0.2, -0.15) is 13.2 Å². The summed E-state index contributed by atoms with van der Waals surface area (Å²) in [6.07, 6.45) is -2.96. The number of benzene rings is 2. The molecule has 3 aromatic rings. The minimum absolute atomic E-state index is 0.263. The monoisotopic (exact) mass is 387 g/mol. The molecule has 1 amide bonds. The molecule has 0 unspecified atom stereocenters. The van der Waals surface area contributed by atoms with E-state index in [1.54, 1.807) is 37.4 Å². The molecule has 8 heteroatoms. The Morgan fingerprint density at radius 3 is 2.21 bits per heavy atom. The van der Waals surface area contributed by atoms with E-state index in [0.717, 1.165) is 17.8 Å². The molecule has 1 aromatic heterocycles. The highest BCUT2D eigenvalue weighted by atomic mass is 19.4. The number of methoxy groups -OCH3 is 1. The summed E-state index contributed by atoms with van der Waals surface area (Å²) >= 11 is 0. The number of aromatic nitrogens is 1. The quantitative estimate of drug-likeness (QED) is 0.639. The maximum Gasteiger partial charge on any atom is 0.416 e. The molecule has 5 nitrogen and oxygen atoms in total. The summed E-state index contributed by atoms with van der Waals surface area (Å²) in [5, 5.41) is 5.63. The molecular weight excluding hydrogens is 371 g/mol. The van der Waals surface area contributed by atoms with Crippen molar-refractivity contribution in [3.8, 4) is 5.75 Å². The number of halogens is 3. The van der Waals surface area contributed by atoms with E-state index < -0.39 is 17.6 Å². The SMILES string of the molecule is COc1ccc(Nc2cc(C(=O)Nc3ccc(C(F)(F)F)cc3)ccn2)cc1. The van der Waals surface area contributed by atoms with E-state index in [0.29, 0.717) is 17.1 Å². The van der Waals surface area contributed by atoms with Crippen LogP contribution in [0.3, 0.4) is 0 Å². The van der Waals surface area contributed by atoms with Crippen molar-refractivity contribution in [1.82, 2.24) is 4.98 Å². The minimum atomic E-state index is -4.42. The summed E-state index contributed by atoms with van der Waals surface area (Å²) in [5.41, 5.74) is 0.555. The second kappa shape index (κ2) is 7.99. The standard InChI is InChI=1S/C20H16F3N3O2/c1-28-17-8-6-15(7-9-17)25-18-12-13(10-11-24-18)19(27)26-16-4-2-14(3-5-16)20(21,22)23/h2-12H,1H3,(H,24,25)(H,26,27). The Bertz CT molecular complexity index is 956. The van der Waals surface area contributed by atoms with E-state index in [9.17, 15) is 18.0 Å². The van der Waals surface area contributed by atoms with Gasteiger partial charge in [0.25, 0.3) is 5.91 Å². The van der Waals surface area contributed by atoms with Crippen LogP contribution in [0.15, 0.2) is 66.9 Å². The zero-order valence-corrected chi connectivity index (χ0v) is 14.7. The molecule has 2 aromatic carbocycles. The highest BCUT2D eigenvalue weighted by Crippen LogP contribution is 2.30. The van der Waals surface area contributed by atoms with Crippen LogP contribution in [0.1, 0.15) is 15.9 Å². The van der Waals surface area contributed by atoms with Crippen LogP contribution in [0.5, 0.6) is 5.75 Å². The van der Waals surface area contributed by atoms with Crippen molar-refractivity contribution in [3.63, 3.8) is 0 Å². The largest absolute Gasteiger partial charge is 0.497 e. The van der Waals surface area contributed by atoms with Gasteiger partial charge in [0.1, 0.15) is 11.6 Å². The van der Waals surface area contributed by atoms with Crippen LogP contribution in [0.2, 0.25) is 0 Å². The van der Waals surface area contributed by atoms with Gasteiger partial charge in [0, 0.05) is 23.1 Å². The number of anilines is 3. The van der Waals surface area contributed by atoms with Crippen molar-refractivity contribution in [2.75, 3.05) is 17.7 Å². The molecule has 0 bridgehead atoms. The Morgan fingerprint density at radius 2 is 1.61 bits per heavy atom. The molecule has 28 heavy (non-hydrogen) atoms. The van der Waals surface area contributed by atoms with Crippen molar-refractivity contribution in [2.45, 2.75) is 6.18 Å². The molecule has 0 spiro atoms. The maximum absolute atomic E-state index is 12.6. The average Bonchev–Trinajstić information content (AvgIpc) is 2.68. The smallest absolute Gasteiger partial charge is 0.416 e. The lowest BCUT2D eigenvalue weighted by Crippen LogP contribution is -2.13. The van der Waals surface area contributed by atoms with E-state index in [2.05, 4.69) is 15.6 Å². The molecular formula is C20H16F3N3O2. The second-order valence-electron chi connectivity index (χ2n) is 5.81. The van der Waals surface area contributed by atoms with Gasteiger partial charge in [0.05, 0.1) is 12.7 Å². The first-order chi connectivity index (χ1) is 13.3. The number of pyridine rings is 1. The lowest BCUT2D eigenvalue weighted by Gasteiger charge is -2.10. The van der Waals surface area contributed by atoms with Crippen LogP contribution in [0.4, 0.5) is 30.4 Å². The molecule has 0 aliphatic carbocycles. The molecule has 1 heterocycles. The van der Waals surface area contributed by atoms with Gasteiger partial charge < -0.3 is 15.4 Å². The first-order valence-corrected chi connectivity index (χ1v) is 8.21. The third kappa shape index (κ3) is 4.79. The Balaban J connectivity index is 1.69. The van der Waals surface area contributed by atoms with E-state index in [-0.39, 0.29) is 5.69 Å². The molecule has 0 aliphatic rings. The molecule has 144 valence electrons. The van der Waals surface area contributed by atoms with Crippen LogP contribution >= 0.6 is 0 Å². The highest BCUT2D eigenvalue weighted by molar-refractivity contribution is 6.04. The van der Waals surface area contributed by atoms with Gasteiger partial charge in [-0.15, -0.1) is 0 Å². The van der Waals surface area contributed by atoms with Crippen LogP contribution in [0.25, 0.3) is 0 Å². The lowest BCUT2D eigenvalue weighted by molar-refractivity contribution is -0.137. The van der Waals surface area contributed by atoms with Crippen molar-refractivity contribution < 1.29 is 22.7 Å². The van der Waals surface area contributed by atoms with Gasteiger partial charge in [-0.25, -0.2) is 4.98 Å². The number of carbonyl (C=O) groups is 1. The van der Waals surface area contributed by atoms with Crippen LogP contribution in [-0.4, -0.2) is 18.0 Å². The third-order valence-electron chi connectivity index (χ3n) is 3.85. The Morgan fingerprint density at radius 1 is 0.964 bits per heavy atom. The number of nitrogens with zero attached hydrogens (tertiary/aromatic N) is 1. The Hall–Kier alpha value is -3.55. The molecule has 0 saturated carbocycles. The van der Waals surface area contributed by atoms with Crippen molar-refractivity contribution in [3.05, 3.63) is 78.0 Å². The minimum Gasteiger partial charge on any atom is -0.497 e. The summed E-state index contributed by atoms with van der Waals surface area (Å²) in [6.45, 7) is 0. The summed E-state index contributed by atoms with van der Waals surface area (Å²) in [6, 6.07) is 14.5. The fraction of sp³-hybridized carbons (Fsp3) is 0.100. The van der Waals surface area contributed by atoms with Crippen molar-refractivity contribution in [1.29, 1.82) is 0 Å². The number of amides is 1. The van der Waals surface area contributed by atoms with E-state index in [4.69, 9.17) is 4.74 Å². The first-order valence-electron chi connectivity index (χ1n) is 8.21. The fourth-order valence-corrected chi connectivity index (χ4v) is 2.41. The molecule has 0 saturated heterocycles. The Labute approximate surface area is 159 Å². The molecule has 0 radical (unpaired) electrons. The topological polar surface area (TPSA) is 63.2 Å². The van der Waals surface area contributed by atoms with Gasteiger partial charge in [0.15, 0.2) is 0 Å². The Kier molecular flexibility index (Phi) is 5.49. The third-order valence-corrected chi connectivity index (χ3v) is 3.85. The summed E-state index contributed by atoms with van der Waals surface area (Å²) in [7, 11) is 1.57. The number of rotatable bonds is 5.